The van der Waals surface area contributed by atoms with E-state index in [1.54, 1.807) is 0 Å². The number of hydrogen-bond donors (Lipinski definition) is 3. The van der Waals surface area contributed by atoms with Crippen molar-refractivity contribution in [3.63, 3.8) is 0 Å². The molecule has 1 aromatic carbocycles. The summed E-state index contributed by atoms with van der Waals surface area (Å²) in [6.45, 7) is 1.95. The molecule has 5 nitrogen and oxygen atoms in total. The Morgan fingerprint density at radius 1 is 1.33 bits per heavy atom. The first-order chi connectivity index (χ1) is 9.72. The van der Waals surface area contributed by atoms with Crippen LogP contribution in [0.2, 0.25) is 0 Å². The molecule has 0 aliphatic carbocycles. The summed E-state index contributed by atoms with van der Waals surface area (Å²) in [6, 6.07) is 7.55. The predicted octanol–water partition coefficient (Wildman–Crippen LogP) is 3.33. The Kier molecular flexibility index (Phi) is 6.80. The van der Waals surface area contributed by atoms with Crippen LogP contribution >= 0.6 is 47.0 Å². The molecule has 21 heavy (non-hydrogen) atoms. The number of aryl methyl sites for hydroxylation is 1. The second kappa shape index (κ2) is 7.89. The summed E-state index contributed by atoms with van der Waals surface area (Å²) in [5, 5.41) is 8.16. The Morgan fingerprint density at radius 2 is 2.00 bits per heavy atom. The lowest BCUT2D eigenvalue weighted by atomic mass is 10.2. The SMILES string of the molecule is COC(=O)N[C@@H](NC(=S)Nc1cccc(C)c1)C(Cl)(Cl)Cl. The van der Waals surface area contributed by atoms with Crippen LogP contribution in [0.25, 0.3) is 0 Å². The number of benzene rings is 1. The van der Waals surface area contributed by atoms with E-state index in [1.807, 2.05) is 31.2 Å². The van der Waals surface area contributed by atoms with E-state index in [9.17, 15) is 4.79 Å². The summed E-state index contributed by atoms with van der Waals surface area (Å²) in [5.41, 5.74) is 1.84. The first-order valence-corrected chi connectivity index (χ1v) is 7.32. The summed E-state index contributed by atoms with van der Waals surface area (Å²) < 4.78 is 2.65. The van der Waals surface area contributed by atoms with Crippen molar-refractivity contribution >= 4 is 63.9 Å². The van der Waals surface area contributed by atoms with Gasteiger partial charge in [0.25, 0.3) is 0 Å². The van der Waals surface area contributed by atoms with Crippen LogP contribution in [-0.2, 0) is 4.74 Å². The standard InChI is InChI=1S/C12H14Cl3N3O2S/c1-7-4-3-5-8(6-7)16-10(21)17-9(12(13,14)15)18-11(19)20-2/h3-6,9H,1-2H3,(H,18,19)(H2,16,17,21)/t9-/m1/s1. The van der Waals surface area contributed by atoms with Crippen LogP contribution in [0.3, 0.4) is 0 Å². The lowest BCUT2D eigenvalue weighted by Crippen LogP contribution is -2.56. The molecule has 1 atom stereocenters. The summed E-state index contributed by atoms with van der Waals surface area (Å²) in [5.74, 6) is 0. The highest BCUT2D eigenvalue weighted by Crippen LogP contribution is 2.29. The number of carbonyl (C=O) groups excluding carboxylic acids is 1. The monoisotopic (exact) mass is 369 g/mol. The minimum absolute atomic E-state index is 0.188. The van der Waals surface area contributed by atoms with E-state index in [2.05, 4.69) is 20.7 Å². The van der Waals surface area contributed by atoms with Gasteiger partial charge in [0.1, 0.15) is 0 Å². The highest BCUT2D eigenvalue weighted by molar-refractivity contribution is 7.80. The number of hydrogen-bond acceptors (Lipinski definition) is 3. The van der Waals surface area contributed by atoms with Crippen molar-refractivity contribution in [2.75, 3.05) is 12.4 Å². The van der Waals surface area contributed by atoms with E-state index < -0.39 is 16.1 Å². The van der Waals surface area contributed by atoms with Crippen LogP contribution < -0.4 is 16.0 Å². The number of ether oxygens (including phenoxy) is 1. The van der Waals surface area contributed by atoms with E-state index in [-0.39, 0.29) is 5.11 Å². The lowest BCUT2D eigenvalue weighted by Gasteiger charge is -2.27. The van der Waals surface area contributed by atoms with E-state index in [0.29, 0.717) is 0 Å². The van der Waals surface area contributed by atoms with Crippen LogP contribution in [0, 0.1) is 6.92 Å². The molecule has 0 fully saturated rings. The number of nitrogens with one attached hydrogen (secondary N) is 3. The van der Waals surface area contributed by atoms with Gasteiger partial charge in [-0.15, -0.1) is 0 Å². The molecule has 3 N–H and O–H groups in total. The van der Waals surface area contributed by atoms with E-state index in [0.717, 1.165) is 11.3 Å². The molecule has 0 unspecified atom stereocenters. The number of alkyl halides is 3. The fourth-order valence-corrected chi connectivity index (χ4v) is 1.96. The zero-order valence-corrected chi connectivity index (χ0v) is 14.3. The molecular weight excluding hydrogens is 357 g/mol. The Morgan fingerprint density at radius 3 is 2.52 bits per heavy atom. The molecule has 0 aromatic heterocycles. The van der Waals surface area contributed by atoms with Crippen molar-refractivity contribution in [1.29, 1.82) is 0 Å². The van der Waals surface area contributed by atoms with Gasteiger partial charge in [-0.3, -0.25) is 5.32 Å². The Labute approximate surface area is 143 Å². The molecular formula is C12H14Cl3N3O2S. The maximum Gasteiger partial charge on any atom is 0.408 e. The van der Waals surface area contributed by atoms with Crippen LogP contribution in [0.1, 0.15) is 5.56 Å². The molecule has 0 radical (unpaired) electrons. The van der Waals surface area contributed by atoms with Gasteiger partial charge in [0.05, 0.1) is 7.11 Å². The summed E-state index contributed by atoms with van der Waals surface area (Å²) >= 11 is 22.5. The maximum absolute atomic E-state index is 11.2. The highest BCUT2D eigenvalue weighted by Gasteiger charge is 2.34. The number of amides is 1. The number of halogens is 3. The fourth-order valence-electron chi connectivity index (χ4n) is 1.40. The van der Waals surface area contributed by atoms with Crippen molar-refractivity contribution in [2.24, 2.45) is 0 Å². The van der Waals surface area contributed by atoms with Gasteiger partial charge in [0.15, 0.2) is 11.3 Å². The zero-order chi connectivity index (χ0) is 16.0. The number of thiocarbonyl (C=S) groups is 1. The normalized spacial score (nSPS) is 12.2. The molecule has 1 aromatic rings. The smallest absolute Gasteiger partial charge is 0.408 e. The number of rotatable bonds is 3. The van der Waals surface area contributed by atoms with E-state index in [4.69, 9.17) is 47.0 Å². The van der Waals surface area contributed by atoms with Crippen LogP contribution in [0.4, 0.5) is 10.5 Å². The molecule has 0 saturated carbocycles. The van der Waals surface area contributed by atoms with Crippen molar-refractivity contribution < 1.29 is 9.53 Å². The summed E-state index contributed by atoms with van der Waals surface area (Å²) in [7, 11) is 1.20. The zero-order valence-electron chi connectivity index (χ0n) is 11.2. The molecule has 0 spiro atoms. The van der Waals surface area contributed by atoms with Gasteiger partial charge in [0.2, 0.25) is 3.79 Å². The minimum atomic E-state index is -1.81. The first-order valence-electron chi connectivity index (χ1n) is 5.77. The van der Waals surface area contributed by atoms with Gasteiger partial charge in [-0.05, 0) is 36.8 Å². The lowest BCUT2D eigenvalue weighted by molar-refractivity contribution is 0.166. The predicted molar refractivity (Wildman–Crippen MR) is 90.2 cm³/mol. The maximum atomic E-state index is 11.2. The van der Waals surface area contributed by atoms with E-state index in [1.165, 1.54) is 7.11 Å². The molecule has 9 heteroatoms. The highest BCUT2D eigenvalue weighted by atomic mass is 35.6. The van der Waals surface area contributed by atoms with E-state index >= 15 is 0 Å². The van der Waals surface area contributed by atoms with Crippen LogP contribution in [0.5, 0.6) is 0 Å². The van der Waals surface area contributed by atoms with Gasteiger partial charge in [0, 0.05) is 5.69 Å². The second-order valence-electron chi connectivity index (χ2n) is 4.08. The van der Waals surface area contributed by atoms with Gasteiger partial charge in [-0.25, -0.2) is 4.79 Å². The largest absolute Gasteiger partial charge is 0.453 e. The quantitative estimate of drug-likeness (QED) is 0.433. The molecule has 0 saturated heterocycles. The third kappa shape index (κ3) is 6.56. The molecule has 0 aliphatic heterocycles. The first kappa shape index (κ1) is 18.1. The molecule has 1 amide bonds. The van der Waals surface area contributed by atoms with Gasteiger partial charge in [-0.2, -0.15) is 0 Å². The number of alkyl carbamates (subject to hydrolysis) is 1. The Balaban J connectivity index is 2.70. The minimum Gasteiger partial charge on any atom is -0.453 e. The molecule has 116 valence electrons. The number of anilines is 1. The third-order valence-corrected chi connectivity index (χ3v) is 3.20. The molecule has 0 heterocycles. The average Bonchev–Trinajstić information content (AvgIpc) is 2.36. The van der Waals surface area contributed by atoms with Gasteiger partial charge in [-0.1, -0.05) is 46.9 Å². The summed E-state index contributed by atoms with van der Waals surface area (Å²) in [6.07, 6.45) is -1.81. The molecule has 1 rings (SSSR count). The number of carbonyl (C=O) groups is 1. The third-order valence-electron chi connectivity index (χ3n) is 2.33. The van der Waals surface area contributed by atoms with Gasteiger partial charge >= 0.3 is 6.09 Å². The van der Waals surface area contributed by atoms with Crippen LogP contribution in [-0.4, -0.2) is 28.3 Å². The van der Waals surface area contributed by atoms with Crippen molar-refractivity contribution in [1.82, 2.24) is 10.6 Å². The van der Waals surface area contributed by atoms with Crippen LogP contribution in [0.15, 0.2) is 24.3 Å². The van der Waals surface area contributed by atoms with Crippen molar-refractivity contribution in [3.8, 4) is 0 Å². The summed E-state index contributed by atoms with van der Waals surface area (Å²) in [4.78, 5) is 11.2. The van der Waals surface area contributed by atoms with Crippen molar-refractivity contribution in [2.45, 2.75) is 16.9 Å². The second-order valence-corrected chi connectivity index (χ2v) is 6.86. The Hall–Kier alpha value is -0.950. The number of methoxy groups -OCH3 is 1. The topological polar surface area (TPSA) is 62.4 Å². The van der Waals surface area contributed by atoms with Crippen molar-refractivity contribution in [3.05, 3.63) is 29.8 Å². The molecule has 0 bridgehead atoms. The fraction of sp³-hybridized carbons (Fsp3) is 0.333. The van der Waals surface area contributed by atoms with Gasteiger partial charge < -0.3 is 15.4 Å². The Bertz CT molecular complexity index is 523. The average molecular weight is 371 g/mol. The molecule has 0 aliphatic rings.